The molecule has 0 saturated carbocycles. The van der Waals surface area contributed by atoms with Crippen molar-refractivity contribution in [3.63, 3.8) is 0 Å². The van der Waals surface area contributed by atoms with E-state index in [1.54, 1.807) is 12.1 Å². The molecule has 0 heterocycles. The monoisotopic (exact) mass is 236 g/mol. The van der Waals surface area contributed by atoms with Gasteiger partial charge in [-0.3, -0.25) is 4.79 Å². The summed E-state index contributed by atoms with van der Waals surface area (Å²) in [6.07, 6.45) is 0.0458. The molecule has 0 aliphatic rings. The highest BCUT2D eigenvalue weighted by Crippen LogP contribution is 2.29. The second kappa shape index (κ2) is 5.21. The molecule has 0 radical (unpaired) electrons. The van der Waals surface area contributed by atoms with Crippen molar-refractivity contribution in [3.8, 4) is 11.5 Å². The molecule has 1 aromatic rings. The molecule has 0 N–H and O–H groups in total. The van der Waals surface area contributed by atoms with Crippen molar-refractivity contribution in [1.29, 1.82) is 0 Å². The number of ether oxygens (including phenoxy) is 2. The zero-order valence-electron chi connectivity index (χ0n) is 11.1. The predicted molar refractivity (Wildman–Crippen MR) is 67.3 cm³/mol. The summed E-state index contributed by atoms with van der Waals surface area (Å²) >= 11 is 0. The summed E-state index contributed by atoms with van der Waals surface area (Å²) in [6.45, 7) is 9.33. The van der Waals surface area contributed by atoms with Gasteiger partial charge in [-0.15, -0.1) is 0 Å². The lowest BCUT2D eigenvalue weighted by molar-refractivity contribution is -0.143. The molecule has 3 heteroatoms. The first-order valence-corrected chi connectivity index (χ1v) is 5.78. The maximum Gasteiger partial charge on any atom is 0.316 e. The topological polar surface area (TPSA) is 35.5 Å². The first kappa shape index (κ1) is 13.6. The summed E-state index contributed by atoms with van der Waals surface area (Å²) in [4.78, 5) is 11.8. The van der Waals surface area contributed by atoms with Gasteiger partial charge in [-0.05, 0) is 46.8 Å². The minimum Gasteiger partial charge on any atom is -0.487 e. The van der Waals surface area contributed by atoms with Gasteiger partial charge in [0.2, 0.25) is 0 Å². The number of rotatable bonds is 3. The highest BCUT2D eigenvalue weighted by Gasteiger charge is 2.24. The largest absolute Gasteiger partial charge is 0.487 e. The van der Waals surface area contributed by atoms with Gasteiger partial charge in [0.15, 0.2) is 11.5 Å². The van der Waals surface area contributed by atoms with Gasteiger partial charge in [0.1, 0.15) is 0 Å². The lowest BCUT2D eigenvalue weighted by Gasteiger charge is -2.19. The maximum absolute atomic E-state index is 11.8. The van der Waals surface area contributed by atoms with E-state index in [4.69, 9.17) is 9.47 Å². The van der Waals surface area contributed by atoms with Crippen LogP contribution in [0.25, 0.3) is 0 Å². The molecular weight excluding hydrogens is 216 g/mol. The summed E-state index contributed by atoms with van der Waals surface area (Å²) < 4.78 is 10.9. The smallest absolute Gasteiger partial charge is 0.316 e. The van der Waals surface area contributed by atoms with Crippen LogP contribution in [-0.4, -0.2) is 12.1 Å². The number of carbonyl (C=O) groups is 1. The second-order valence-corrected chi connectivity index (χ2v) is 5.25. The van der Waals surface area contributed by atoms with Gasteiger partial charge in [0, 0.05) is 0 Å². The minimum absolute atomic E-state index is 0.0458. The van der Waals surface area contributed by atoms with E-state index in [-0.39, 0.29) is 12.1 Å². The molecule has 0 amide bonds. The molecule has 1 aromatic carbocycles. The Labute approximate surface area is 103 Å². The Morgan fingerprint density at radius 1 is 1.12 bits per heavy atom. The van der Waals surface area contributed by atoms with Crippen molar-refractivity contribution in [2.45, 2.75) is 40.7 Å². The molecule has 1 rings (SSSR count). The van der Waals surface area contributed by atoms with Crippen molar-refractivity contribution in [2.24, 2.45) is 5.41 Å². The Balaban J connectivity index is 2.87. The molecule has 0 aliphatic carbocycles. The average Bonchev–Trinajstić information content (AvgIpc) is 2.18. The Kier molecular flexibility index (Phi) is 4.16. The first-order valence-electron chi connectivity index (χ1n) is 5.78. The fourth-order valence-electron chi connectivity index (χ4n) is 1.14. The highest BCUT2D eigenvalue weighted by atomic mass is 16.6. The number of para-hydroxylation sites is 2. The van der Waals surface area contributed by atoms with E-state index < -0.39 is 5.41 Å². The van der Waals surface area contributed by atoms with Crippen LogP contribution in [0.2, 0.25) is 0 Å². The van der Waals surface area contributed by atoms with Crippen LogP contribution in [0.15, 0.2) is 24.3 Å². The number of benzene rings is 1. The Bertz CT molecular complexity index is 389. The number of carbonyl (C=O) groups excluding carboxylic acids is 1. The van der Waals surface area contributed by atoms with E-state index in [1.807, 2.05) is 46.8 Å². The van der Waals surface area contributed by atoms with Crippen molar-refractivity contribution in [1.82, 2.24) is 0 Å². The van der Waals surface area contributed by atoms with Gasteiger partial charge in [-0.1, -0.05) is 12.1 Å². The lowest BCUT2D eigenvalue weighted by Crippen LogP contribution is -2.25. The van der Waals surface area contributed by atoms with Gasteiger partial charge in [-0.25, -0.2) is 0 Å². The van der Waals surface area contributed by atoms with Crippen LogP contribution in [0.4, 0.5) is 0 Å². The van der Waals surface area contributed by atoms with E-state index in [0.717, 1.165) is 0 Å². The van der Waals surface area contributed by atoms with Gasteiger partial charge in [-0.2, -0.15) is 0 Å². The van der Waals surface area contributed by atoms with Crippen LogP contribution >= 0.6 is 0 Å². The van der Waals surface area contributed by atoms with Gasteiger partial charge in [0.25, 0.3) is 0 Å². The van der Waals surface area contributed by atoms with Crippen molar-refractivity contribution in [3.05, 3.63) is 24.3 Å². The van der Waals surface area contributed by atoms with Crippen molar-refractivity contribution in [2.75, 3.05) is 0 Å². The third kappa shape index (κ3) is 4.10. The SMILES string of the molecule is CC(C)Oc1ccccc1OC(=O)C(C)(C)C. The Morgan fingerprint density at radius 3 is 2.12 bits per heavy atom. The molecule has 0 aliphatic heterocycles. The summed E-state index contributed by atoms with van der Waals surface area (Å²) in [5.74, 6) is 0.804. The molecule has 0 unspecified atom stereocenters. The van der Waals surface area contributed by atoms with E-state index in [0.29, 0.717) is 11.5 Å². The summed E-state index contributed by atoms with van der Waals surface area (Å²) in [5.41, 5.74) is -0.523. The summed E-state index contributed by atoms with van der Waals surface area (Å²) in [6, 6.07) is 7.21. The second-order valence-electron chi connectivity index (χ2n) is 5.25. The summed E-state index contributed by atoms with van der Waals surface area (Å²) in [5, 5.41) is 0. The molecule has 0 saturated heterocycles. The summed E-state index contributed by atoms with van der Waals surface area (Å²) in [7, 11) is 0. The van der Waals surface area contributed by atoms with E-state index >= 15 is 0 Å². The maximum atomic E-state index is 11.8. The van der Waals surface area contributed by atoms with Crippen LogP contribution in [0.5, 0.6) is 11.5 Å². The van der Waals surface area contributed by atoms with Crippen LogP contribution in [0.1, 0.15) is 34.6 Å². The Morgan fingerprint density at radius 2 is 1.65 bits per heavy atom. The fourth-order valence-corrected chi connectivity index (χ4v) is 1.14. The van der Waals surface area contributed by atoms with Crippen LogP contribution < -0.4 is 9.47 Å². The van der Waals surface area contributed by atoms with Gasteiger partial charge >= 0.3 is 5.97 Å². The average molecular weight is 236 g/mol. The quantitative estimate of drug-likeness (QED) is 0.596. The standard InChI is InChI=1S/C14H20O3/c1-10(2)16-11-8-6-7-9-12(11)17-13(15)14(3,4)5/h6-10H,1-5H3. The van der Waals surface area contributed by atoms with E-state index in [9.17, 15) is 4.79 Å². The van der Waals surface area contributed by atoms with Crippen LogP contribution in [0, 0.1) is 5.41 Å². The molecule has 17 heavy (non-hydrogen) atoms. The number of hydrogen-bond acceptors (Lipinski definition) is 3. The van der Waals surface area contributed by atoms with Crippen LogP contribution in [-0.2, 0) is 4.79 Å². The Hall–Kier alpha value is -1.51. The highest BCUT2D eigenvalue weighted by molar-refractivity contribution is 5.78. The molecule has 0 aromatic heterocycles. The molecule has 94 valence electrons. The van der Waals surface area contributed by atoms with Gasteiger partial charge < -0.3 is 9.47 Å². The number of esters is 1. The third-order valence-electron chi connectivity index (χ3n) is 2.03. The van der Waals surface area contributed by atoms with Crippen molar-refractivity contribution < 1.29 is 14.3 Å². The first-order chi connectivity index (χ1) is 7.80. The molecule has 0 bridgehead atoms. The molecule has 0 atom stereocenters. The lowest BCUT2D eigenvalue weighted by atomic mass is 9.97. The van der Waals surface area contributed by atoms with E-state index in [1.165, 1.54) is 0 Å². The fraction of sp³-hybridized carbons (Fsp3) is 0.500. The van der Waals surface area contributed by atoms with Crippen LogP contribution in [0.3, 0.4) is 0 Å². The zero-order valence-corrected chi connectivity index (χ0v) is 11.1. The minimum atomic E-state index is -0.523. The van der Waals surface area contributed by atoms with Gasteiger partial charge in [0.05, 0.1) is 11.5 Å². The van der Waals surface area contributed by atoms with Crippen molar-refractivity contribution >= 4 is 5.97 Å². The predicted octanol–water partition coefficient (Wildman–Crippen LogP) is 3.43. The normalized spacial score (nSPS) is 11.4. The molecule has 3 nitrogen and oxygen atoms in total. The number of hydrogen-bond donors (Lipinski definition) is 0. The van der Waals surface area contributed by atoms with E-state index in [2.05, 4.69) is 0 Å². The molecular formula is C14H20O3. The molecule has 0 fully saturated rings. The third-order valence-corrected chi connectivity index (χ3v) is 2.03. The zero-order chi connectivity index (χ0) is 13.1. The molecule has 0 spiro atoms.